The van der Waals surface area contributed by atoms with E-state index in [1.54, 1.807) is 20.3 Å². The average Bonchev–Trinajstić information content (AvgIpc) is 3.26. The molecule has 32 heavy (non-hydrogen) atoms. The summed E-state index contributed by atoms with van der Waals surface area (Å²) >= 11 is 0. The Morgan fingerprint density at radius 2 is 1.53 bits per heavy atom. The first kappa shape index (κ1) is 21.0. The van der Waals surface area contributed by atoms with E-state index >= 15 is 0 Å². The van der Waals surface area contributed by atoms with Crippen LogP contribution < -0.4 is 15.1 Å². The average molecular weight is 435 g/mol. The summed E-state index contributed by atoms with van der Waals surface area (Å²) < 4.78 is 16.5. The molecule has 1 aromatic heterocycles. The minimum Gasteiger partial charge on any atom is -0.497 e. The summed E-state index contributed by atoms with van der Waals surface area (Å²) in [5, 5.41) is 1.09. The molecule has 0 amide bonds. The fourth-order valence-corrected chi connectivity index (χ4v) is 5.02. The van der Waals surface area contributed by atoms with Gasteiger partial charge in [0, 0.05) is 56.3 Å². The van der Waals surface area contributed by atoms with Crippen LogP contribution in [0.2, 0.25) is 0 Å². The molecule has 5 rings (SSSR count). The number of ether oxygens (including phenoxy) is 2. The summed E-state index contributed by atoms with van der Waals surface area (Å²) in [6, 6.07) is 12.0. The minimum atomic E-state index is -0.255. The number of fused-ring (bicyclic) bond motifs is 2. The topological polar surface area (TPSA) is 55.2 Å². The van der Waals surface area contributed by atoms with E-state index in [9.17, 15) is 4.79 Å². The van der Waals surface area contributed by atoms with Crippen LogP contribution >= 0.6 is 0 Å². The molecule has 1 saturated heterocycles. The van der Waals surface area contributed by atoms with Gasteiger partial charge in [-0.25, -0.2) is 4.79 Å². The van der Waals surface area contributed by atoms with Gasteiger partial charge in [0.1, 0.15) is 17.1 Å². The quantitative estimate of drug-likeness (QED) is 0.553. The van der Waals surface area contributed by atoms with Crippen LogP contribution in [0.15, 0.2) is 45.6 Å². The molecule has 1 aliphatic carbocycles. The van der Waals surface area contributed by atoms with Gasteiger partial charge in [-0.1, -0.05) is 0 Å². The molecule has 2 heterocycles. The Morgan fingerprint density at radius 3 is 2.22 bits per heavy atom. The third-order valence-electron chi connectivity index (χ3n) is 6.78. The fraction of sp³-hybridized carbons (Fsp3) is 0.423. The molecule has 2 aliphatic rings. The van der Waals surface area contributed by atoms with E-state index in [-0.39, 0.29) is 5.63 Å². The number of hydrogen-bond donors (Lipinski definition) is 0. The number of rotatable bonds is 6. The highest BCUT2D eigenvalue weighted by atomic mass is 16.5. The monoisotopic (exact) mass is 434 g/mol. The third-order valence-corrected chi connectivity index (χ3v) is 6.78. The van der Waals surface area contributed by atoms with Crippen molar-refractivity contribution in [2.45, 2.75) is 32.4 Å². The first-order chi connectivity index (χ1) is 15.6. The van der Waals surface area contributed by atoms with Crippen molar-refractivity contribution in [3.05, 3.63) is 69.1 Å². The smallest absolute Gasteiger partial charge is 0.336 e. The standard InChI is InChI=1S/C26H30N2O4/c1-30-22-6-7-24(31-2)21(12-22)17-28-10-8-27(9-11-28)16-20-15-26(29)32-25-14-19-5-3-4-18(19)13-23(20)25/h6-7,12-15H,3-5,8-11,16-17H2,1-2H3. The van der Waals surface area contributed by atoms with Crippen molar-refractivity contribution in [2.24, 2.45) is 0 Å². The Morgan fingerprint density at radius 1 is 0.844 bits per heavy atom. The predicted octanol–water partition coefficient (Wildman–Crippen LogP) is 3.62. The Bertz CT molecular complexity index is 1180. The Balaban J connectivity index is 1.28. The van der Waals surface area contributed by atoms with Gasteiger partial charge in [0.05, 0.1) is 14.2 Å². The highest BCUT2D eigenvalue weighted by Crippen LogP contribution is 2.29. The van der Waals surface area contributed by atoms with E-state index in [0.29, 0.717) is 0 Å². The van der Waals surface area contributed by atoms with Crippen molar-refractivity contribution in [1.29, 1.82) is 0 Å². The molecule has 0 spiro atoms. The van der Waals surface area contributed by atoms with Crippen LogP contribution in [0.25, 0.3) is 11.0 Å². The van der Waals surface area contributed by atoms with Crippen molar-refractivity contribution >= 4 is 11.0 Å². The number of nitrogens with zero attached hydrogens (tertiary/aromatic N) is 2. The van der Waals surface area contributed by atoms with Crippen molar-refractivity contribution in [1.82, 2.24) is 9.80 Å². The highest BCUT2D eigenvalue weighted by Gasteiger charge is 2.21. The second kappa shape index (κ2) is 8.96. The molecule has 1 aliphatic heterocycles. The van der Waals surface area contributed by atoms with Gasteiger partial charge in [0.25, 0.3) is 0 Å². The van der Waals surface area contributed by atoms with E-state index in [2.05, 4.69) is 28.0 Å². The van der Waals surface area contributed by atoms with Crippen LogP contribution in [0.5, 0.6) is 11.5 Å². The maximum absolute atomic E-state index is 12.2. The van der Waals surface area contributed by atoms with E-state index < -0.39 is 0 Å². The number of hydrogen-bond acceptors (Lipinski definition) is 6. The molecule has 0 atom stereocenters. The molecule has 6 nitrogen and oxygen atoms in total. The van der Waals surface area contributed by atoms with Gasteiger partial charge in [-0.2, -0.15) is 0 Å². The lowest BCUT2D eigenvalue weighted by Crippen LogP contribution is -2.45. The molecular weight excluding hydrogens is 404 g/mol. The van der Waals surface area contributed by atoms with E-state index in [1.807, 2.05) is 12.1 Å². The van der Waals surface area contributed by atoms with Crippen LogP contribution in [0.3, 0.4) is 0 Å². The molecule has 0 saturated carbocycles. The van der Waals surface area contributed by atoms with Crippen molar-refractivity contribution in [3.63, 3.8) is 0 Å². The van der Waals surface area contributed by atoms with Gasteiger partial charge in [-0.15, -0.1) is 0 Å². The van der Waals surface area contributed by atoms with Gasteiger partial charge in [-0.05, 0) is 66.3 Å². The summed E-state index contributed by atoms with van der Waals surface area (Å²) in [4.78, 5) is 17.1. The summed E-state index contributed by atoms with van der Waals surface area (Å²) in [6.07, 6.45) is 3.39. The normalized spacial score (nSPS) is 16.9. The van der Waals surface area contributed by atoms with Gasteiger partial charge in [0.15, 0.2) is 0 Å². The van der Waals surface area contributed by atoms with Crippen molar-refractivity contribution in [3.8, 4) is 11.5 Å². The lowest BCUT2D eigenvalue weighted by Gasteiger charge is -2.35. The van der Waals surface area contributed by atoms with Crippen LogP contribution in [-0.4, -0.2) is 50.2 Å². The molecule has 0 N–H and O–H groups in total. The maximum atomic E-state index is 12.2. The third kappa shape index (κ3) is 4.25. The molecule has 2 aromatic carbocycles. The van der Waals surface area contributed by atoms with Crippen LogP contribution in [0, 0.1) is 0 Å². The largest absolute Gasteiger partial charge is 0.497 e. The summed E-state index contributed by atoms with van der Waals surface area (Å²) in [6.45, 7) is 5.46. The molecule has 0 unspecified atom stereocenters. The van der Waals surface area contributed by atoms with E-state index in [0.717, 1.165) is 85.7 Å². The Hall–Kier alpha value is -2.83. The van der Waals surface area contributed by atoms with Gasteiger partial charge >= 0.3 is 5.63 Å². The molecule has 0 radical (unpaired) electrons. The predicted molar refractivity (Wildman–Crippen MR) is 125 cm³/mol. The zero-order chi connectivity index (χ0) is 22.1. The number of methoxy groups -OCH3 is 2. The zero-order valence-electron chi connectivity index (χ0n) is 18.9. The molecule has 0 bridgehead atoms. The number of benzene rings is 2. The lowest BCUT2D eigenvalue weighted by molar-refractivity contribution is 0.121. The molecular formula is C26H30N2O4. The highest BCUT2D eigenvalue weighted by molar-refractivity contribution is 5.82. The SMILES string of the molecule is COc1ccc(OC)c(CN2CCN(Cc3cc(=O)oc4cc5c(cc34)CCC5)CC2)c1. The van der Waals surface area contributed by atoms with Gasteiger partial charge in [-0.3, -0.25) is 9.80 Å². The second-order valence-corrected chi connectivity index (χ2v) is 8.79. The molecule has 168 valence electrons. The first-order valence-corrected chi connectivity index (χ1v) is 11.4. The maximum Gasteiger partial charge on any atom is 0.336 e. The fourth-order valence-electron chi connectivity index (χ4n) is 5.02. The summed E-state index contributed by atoms with van der Waals surface area (Å²) in [5.41, 5.74) is 5.44. The molecule has 3 aromatic rings. The van der Waals surface area contributed by atoms with Crippen molar-refractivity contribution in [2.75, 3.05) is 40.4 Å². The number of piperazine rings is 1. The minimum absolute atomic E-state index is 0.255. The van der Waals surface area contributed by atoms with Gasteiger partial charge < -0.3 is 13.9 Å². The summed E-state index contributed by atoms with van der Waals surface area (Å²) in [5.74, 6) is 1.74. The van der Waals surface area contributed by atoms with Crippen molar-refractivity contribution < 1.29 is 13.9 Å². The van der Waals surface area contributed by atoms with E-state index in [4.69, 9.17) is 13.9 Å². The first-order valence-electron chi connectivity index (χ1n) is 11.4. The number of aryl methyl sites for hydroxylation is 2. The zero-order valence-corrected chi connectivity index (χ0v) is 18.9. The van der Waals surface area contributed by atoms with Crippen LogP contribution in [-0.2, 0) is 25.9 Å². The summed E-state index contributed by atoms with van der Waals surface area (Å²) in [7, 11) is 3.39. The van der Waals surface area contributed by atoms with E-state index in [1.165, 1.54) is 17.5 Å². The van der Waals surface area contributed by atoms with Gasteiger partial charge in [0.2, 0.25) is 0 Å². The van der Waals surface area contributed by atoms with Crippen LogP contribution in [0.4, 0.5) is 0 Å². The molecule has 1 fully saturated rings. The molecule has 6 heteroatoms. The second-order valence-electron chi connectivity index (χ2n) is 8.79. The lowest BCUT2D eigenvalue weighted by atomic mass is 10.0. The Labute approximate surface area is 188 Å². The van der Waals surface area contributed by atoms with Crippen LogP contribution in [0.1, 0.15) is 28.7 Å². The Kier molecular flexibility index (Phi) is 5.89.